The van der Waals surface area contributed by atoms with Crippen molar-refractivity contribution in [1.82, 2.24) is 19.5 Å². The van der Waals surface area contributed by atoms with E-state index in [1.54, 1.807) is 48.9 Å². The molecule has 2 aromatic heterocycles. The highest BCUT2D eigenvalue weighted by Crippen LogP contribution is 2.33. The molecule has 204 valence electrons. The van der Waals surface area contributed by atoms with Gasteiger partial charge in [0, 0.05) is 41.2 Å². The van der Waals surface area contributed by atoms with Crippen LogP contribution in [0.5, 0.6) is 0 Å². The molecule has 4 aromatic rings. The third-order valence-corrected chi connectivity index (χ3v) is 6.25. The summed E-state index contributed by atoms with van der Waals surface area (Å²) in [6, 6.07) is 10.0. The second kappa shape index (κ2) is 12.2. The number of aromatic nitrogens is 4. The SMILES string of the molecule is C=N/C=C\C=C(/C)c1ccnc(Nc2cc(C(=O)Nc3cc(-n4cnc(I)c4)cc(C(F)(F)F)c3)ccc2C)n1. The van der Waals surface area contributed by atoms with E-state index >= 15 is 0 Å². The third-order valence-electron chi connectivity index (χ3n) is 5.70. The molecule has 40 heavy (non-hydrogen) atoms. The summed E-state index contributed by atoms with van der Waals surface area (Å²) >= 11 is 1.96. The molecule has 0 fully saturated rings. The maximum absolute atomic E-state index is 13.6. The Labute approximate surface area is 242 Å². The van der Waals surface area contributed by atoms with Crippen molar-refractivity contribution in [2.24, 2.45) is 4.99 Å². The Bertz CT molecular complexity index is 1630. The van der Waals surface area contributed by atoms with Crippen LogP contribution in [0.3, 0.4) is 0 Å². The molecule has 2 heterocycles. The fourth-order valence-corrected chi connectivity index (χ4v) is 4.05. The van der Waals surface area contributed by atoms with Gasteiger partial charge in [-0.1, -0.05) is 12.1 Å². The summed E-state index contributed by atoms with van der Waals surface area (Å²) in [7, 11) is 0. The number of nitrogens with zero attached hydrogens (tertiary/aromatic N) is 5. The Morgan fingerprint density at radius 2 is 1.95 bits per heavy atom. The largest absolute Gasteiger partial charge is 0.416 e. The molecule has 12 heteroatoms. The molecule has 0 saturated heterocycles. The lowest BCUT2D eigenvalue weighted by molar-refractivity contribution is -0.137. The van der Waals surface area contributed by atoms with Crippen LogP contribution >= 0.6 is 22.6 Å². The average Bonchev–Trinajstić information content (AvgIpc) is 3.36. The van der Waals surface area contributed by atoms with Gasteiger partial charge in [0.25, 0.3) is 5.91 Å². The molecule has 8 nitrogen and oxygen atoms in total. The standard InChI is InChI=1S/C28H23F3IN7O/c1-17(5-4-9-33-3)23-8-10-34-27(37-23)38-24-11-19(7-6-18(24)2)26(40)36-21-12-20(28(29,30)31)13-22(14-21)39-15-25(32)35-16-39/h4-16H,3H2,1-2H3,(H,36,40)(H,34,37,38)/b9-4-,17-5+. The highest BCUT2D eigenvalue weighted by molar-refractivity contribution is 14.1. The molecule has 0 spiro atoms. The van der Waals surface area contributed by atoms with Gasteiger partial charge in [0.15, 0.2) is 0 Å². The Hall–Kier alpha value is -4.33. The molecule has 4 rings (SSSR count). The fraction of sp³-hybridized carbons (Fsp3) is 0.107. The number of carbonyl (C=O) groups is 1. The number of aryl methyl sites for hydroxylation is 1. The lowest BCUT2D eigenvalue weighted by atomic mass is 10.1. The predicted molar refractivity (Wildman–Crippen MR) is 158 cm³/mol. The fourth-order valence-electron chi connectivity index (χ4n) is 3.63. The summed E-state index contributed by atoms with van der Waals surface area (Å²) in [6.07, 6.45) is 5.13. The first-order chi connectivity index (χ1) is 19.0. The van der Waals surface area contributed by atoms with Gasteiger partial charge in [-0.25, -0.2) is 15.0 Å². The van der Waals surface area contributed by atoms with Crippen LogP contribution in [0.4, 0.5) is 30.5 Å². The van der Waals surface area contributed by atoms with E-state index < -0.39 is 17.6 Å². The number of imidazole rings is 1. The van der Waals surface area contributed by atoms with E-state index in [2.05, 4.69) is 37.3 Å². The smallest absolute Gasteiger partial charge is 0.324 e. The van der Waals surface area contributed by atoms with Gasteiger partial charge in [-0.3, -0.25) is 9.79 Å². The summed E-state index contributed by atoms with van der Waals surface area (Å²) in [4.78, 5) is 29.6. The van der Waals surface area contributed by atoms with Gasteiger partial charge >= 0.3 is 6.18 Å². The lowest BCUT2D eigenvalue weighted by Gasteiger charge is -2.14. The third kappa shape index (κ3) is 7.20. The molecular weight excluding hydrogens is 634 g/mol. The van der Waals surface area contributed by atoms with Gasteiger partial charge in [-0.05, 0) is 96.8 Å². The molecule has 0 aliphatic heterocycles. The first-order valence-corrected chi connectivity index (χ1v) is 12.9. The number of carbonyl (C=O) groups excluding carboxylic acids is 1. The first-order valence-electron chi connectivity index (χ1n) is 11.8. The van der Waals surface area contributed by atoms with E-state index in [-0.39, 0.29) is 16.9 Å². The van der Waals surface area contributed by atoms with Crippen LogP contribution in [0, 0.1) is 10.6 Å². The number of rotatable bonds is 8. The number of alkyl halides is 3. The van der Waals surface area contributed by atoms with Crippen LogP contribution in [0.1, 0.15) is 34.1 Å². The van der Waals surface area contributed by atoms with E-state index in [4.69, 9.17) is 0 Å². The molecule has 2 N–H and O–H groups in total. The molecule has 2 aromatic carbocycles. The minimum Gasteiger partial charge on any atom is -0.324 e. The molecule has 0 radical (unpaired) electrons. The Morgan fingerprint density at radius 1 is 1.15 bits per heavy atom. The maximum atomic E-state index is 13.6. The zero-order valence-electron chi connectivity index (χ0n) is 21.4. The zero-order chi connectivity index (χ0) is 28.9. The number of allylic oxidation sites excluding steroid dienone is 3. The average molecular weight is 657 g/mol. The summed E-state index contributed by atoms with van der Waals surface area (Å²) in [6.45, 7) is 7.13. The van der Waals surface area contributed by atoms with Crippen molar-refractivity contribution in [3.8, 4) is 5.69 Å². The van der Waals surface area contributed by atoms with Crippen molar-refractivity contribution in [3.05, 3.63) is 106 Å². The van der Waals surface area contributed by atoms with Crippen molar-refractivity contribution in [2.45, 2.75) is 20.0 Å². The second-order valence-corrected chi connectivity index (χ2v) is 9.72. The number of amides is 1. The van der Waals surface area contributed by atoms with Crippen LogP contribution in [-0.2, 0) is 6.18 Å². The predicted octanol–water partition coefficient (Wildman–Crippen LogP) is 7.21. The zero-order valence-corrected chi connectivity index (χ0v) is 23.5. The minimum atomic E-state index is -4.61. The van der Waals surface area contributed by atoms with Crippen LogP contribution in [0.2, 0.25) is 0 Å². The number of hydrogen-bond acceptors (Lipinski definition) is 6. The van der Waals surface area contributed by atoms with E-state index in [9.17, 15) is 18.0 Å². The van der Waals surface area contributed by atoms with Crippen molar-refractivity contribution in [1.29, 1.82) is 0 Å². The van der Waals surface area contributed by atoms with Crippen molar-refractivity contribution in [2.75, 3.05) is 10.6 Å². The highest BCUT2D eigenvalue weighted by Gasteiger charge is 2.31. The number of benzene rings is 2. The normalized spacial score (nSPS) is 12.0. The molecular formula is C28H23F3IN7O. The minimum absolute atomic E-state index is 0.00684. The molecule has 0 aliphatic carbocycles. The summed E-state index contributed by atoms with van der Waals surface area (Å²) in [5.41, 5.74) is 2.49. The van der Waals surface area contributed by atoms with E-state index in [1.807, 2.05) is 42.5 Å². The maximum Gasteiger partial charge on any atom is 0.416 e. The molecule has 0 aliphatic rings. The number of hydrogen-bond donors (Lipinski definition) is 2. The molecule has 0 saturated carbocycles. The molecule has 0 unspecified atom stereocenters. The summed E-state index contributed by atoms with van der Waals surface area (Å²) < 4.78 is 42.9. The van der Waals surface area contributed by atoms with Crippen LogP contribution < -0.4 is 10.6 Å². The van der Waals surface area contributed by atoms with E-state index in [0.29, 0.717) is 21.0 Å². The number of anilines is 3. The van der Waals surface area contributed by atoms with Crippen LogP contribution in [0.15, 0.2) is 84.5 Å². The van der Waals surface area contributed by atoms with Crippen molar-refractivity contribution in [3.63, 3.8) is 0 Å². The van der Waals surface area contributed by atoms with Gasteiger partial charge in [-0.2, -0.15) is 13.2 Å². The molecule has 0 atom stereocenters. The molecule has 0 bridgehead atoms. The summed E-state index contributed by atoms with van der Waals surface area (Å²) in [5.74, 6) is -0.265. The summed E-state index contributed by atoms with van der Waals surface area (Å²) in [5, 5.41) is 5.71. The van der Waals surface area contributed by atoms with Gasteiger partial charge in [0.05, 0.1) is 11.3 Å². The highest BCUT2D eigenvalue weighted by atomic mass is 127. The van der Waals surface area contributed by atoms with E-state index in [1.165, 1.54) is 17.0 Å². The first kappa shape index (κ1) is 28.7. The van der Waals surface area contributed by atoms with Crippen molar-refractivity contribution < 1.29 is 18.0 Å². The topological polar surface area (TPSA) is 97.1 Å². The molecule has 1 amide bonds. The van der Waals surface area contributed by atoms with Gasteiger partial charge in [0.1, 0.15) is 10.0 Å². The lowest BCUT2D eigenvalue weighted by Crippen LogP contribution is -2.14. The number of aliphatic imine (C=N–C) groups is 1. The van der Waals surface area contributed by atoms with Crippen LogP contribution in [0.25, 0.3) is 11.3 Å². The Morgan fingerprint density at radius 3 is 2.65 bits per heavy atom. The monoisotopic (exact) mass is 657 g/mol. The van der Waals surface area contributed by atoms with Gasteiger partial charge in [-0.15, -0.1) is 0 Å². The van der Waals surface area contributed by atoms with Crippen molar-refractivity contribution >= 4 is 58.1 Å². The Balaban J connectivity index is 1.59. The number of nitrogens with one attached hydrogen (secondary N) is 2. The van der Waals surface area contributed by atoms with E-state index in [0.717, 1.165) is 23.3 Å². The number of halogens is 4. The van der Waals surface area contributed by atoms with Crippen LogP contribution in [-0.4, -0.2) is 32.1 Å². The second-order valence-electron chi connectivity index (χ2n) is 8.62. The quantitative estimate of drug-likeness (QED) is 0.119. The van der Waals surface area contributed by atoms with Gasteiger partial charge < -0.3 is 15.2 Å². The Kier molecular flexibility index (Phi) is 8.77. The van der Waals surface area contributed by atoms with Gasteiger partial charge in [0.2, 0.25) is 5.95 Å².